The summed E-state index contributed by atoms with van der Waals surface area (Å²) in [6.07, 6.45) is 0. The summed E-state index contributed by atoms with van der Waals surface area (Å²) in [5, 5.41) is 0. The zero-order valence-electron chi connectivity index (χ0n) is 9.03. The van der Waals surface area contributed by atoms with Gasteiger partial charge < -0.3 is 15.4 Å². The van der Waals surface area contributed by atoms with Crippen molar-refractivity contribution in [2.75, 3.05) is 27.7 Å². The number of hydrogen-bond acceptors (Lipinski definition) is 3. The fourth-order valence-corrected chi connectivity index (χ4v) is 1.46. The molecule has 2 N–H and O–H groups in total. The molecule has 0 spiro atoms. The second kappa shape index (κ2) is 4.98. The average molecular weight is 194 g/mol. The molecule has 0 amide bonds. The Balaban J connectivity index is 2.82. The van der Waals surface area contributed by atoms with Crippen molar-refractivity contribution < 1.29 is 4.74 Å². The van der Waals surface area contributed by atoms with Crippen LogP contribution in [-0.2, 0) is 0 Å². The van der Waals surface area contributed by atoms with E-state index in [4.69, 9.17) is 10.5 Å². The molecular formula is C11H18N2O. The van der Waals surface area contributed by atoms with Gasteiger partial charge in [-0.1, -0.05) is 18.2 Å². The fraction of sp³-hybridized carbons (Fsp3) is 0.455. The van der Waals surface area contributed by atoms with Crippen molar-refractivity contribution in [1.29, 1.82) is 0 Å². The van der Waals surface area contributed by atoms with Crippen LogP contribution in [0.15, 0.2) is 24.3 Å². The molecule has 3 heteroatoms. The quantitative estimate of drug-likeness (QED) is 0.784. The van der Waals surface area contributed by atoms with Gasteiger partial charge in [0.15, 0.2) is 0 Å². The summed E-state index contributed by atoms with van der Waals surface area (Å²) in [5.74, 6) is 0.863. The number of benzene rings is 1. The van der Waals surface area contributed by atoms with Crippen molar-refractivity contribution in [3.05, 3.63) is 29.8 Å². The first-order valence-corrected chi connectivity index (χ1v) is 4.68. The minimum Gasteiger partial charge on any atom is -0.496 e. The zero-order chi connectivity index (χ0) is 10.6. The Morgan fingerprint density at radius 2 is 2.00 bits per heavy atom. The van der Waals surface area contributed by atoms with E-state index in [1.807, 2.05) is 38.4 Å². The second-order valence-electron chi connectivity index (χ2n) is 3.61. The first kappa shape index (κ1) is 11.0. The average Bonchev–Trinajstić information content (AvgIpc) is 2.16. The van der Waals surface area contributed by atoms with Crippen molar-refractivity contribution in [2.24, 2.45) is 5.73 Å². The first-order valence-electron chi connectivity index (χ1n) is 4.68. The summed E-state index contributed by atoms with van der Waals surface area (Å²) in [6, 6.07) is 7.87. The second-order valence-corrected chi connectivity index (χ2v) is 3.61. The number of nitrogens with zero attached hydrogens (tertiary/aromatic N) is 1. The molecule has 0 radical (unpaired) electrons. The summed E-state index contributed by atoms with van der Waals surface area (Å²) >= 11 is 0. The highest BCUT2D eigenvalue weighted by molar-refractivity contribution is 5.35. The van der Waals surface area contributed by atoms with Gasteiger partial charge in [-0.05, 0) is 20.2 Å². The van der Waals surface area contributed by atoms with Crippen LogP contribution in [-0.4, -0.2) is 32.6 Å². The minimum atomic E-state index is 0.00106. The van der Waals surface area contributed by atoms with Crippen molar-refractivity contribution in [3.63, 3.8) is 0 Å². The van der Waals surface area contributed by atoms with Crippen molar-refractivity contribution >= 4 is 0 Å². The monoisotopic (exact) mass is 194 g/mol. The third-order valence-corrected chi connectivity index (χ3v) is 2.10. The van der Waals surface area contributed by atoms with Gasteiger partial charge in [0.1, 0.15) is 5.75 Å². The standard InChI is InChI=1S/C11H18N2O/c1-13(2)8-10(12)9-6-4-5-7-11(9)14-3/h4-7,10H,8,12H2,1-3H3. The summed E-state index contributed by atoms with van der Waals surface area (Å²) < 4.78 is 5.25. The molecule has 0 aliphatic heterocycles. The number of rotatable bonds is 4. The Labute approximate surface area is 85.5 Å². The molecule has 0 saturated carbocycles. The maximum atomic E-state index is 6.05. The van der Waals surface area contributed by atoms with Gasteiger partial charge in [-0.25, -0.2) is 0 Å². The molecule has 0 heterocycles. The van der Waals surface area contributed by atoms with Crippen LogP contribution in [0.2, 0.25) is 0 Å². The van der Waals surface area contributed by atoms with E-state index in [2.05, 4.69) is 4.90 Å². The summed E-state index contributed by atoms with van der Waals surface area (Å²) in [7, 11) is 5.69. The number of nitrogens with two attached hydrogens (primary N) is 1. The first-order chi connectivity index (χ1) is 6.65. The van der Waals surface area contributed by atoms with Crippen LogP contribution in [0.1, 0.15) is 11.6 Å². The third-order valence-electron chi connectivity index (χ3n) is 2.10. The zero-order valence-corrected chi connectivity index (χ0v) is 9.03. The van der Waals surface area contributed by atoms with Gasteiger partial charge in [-0.3, -0.25) is 0 Å². The molecule has 78 valence electrons. The maximum absolute atomic E-state index is 6.05. The molecular weight excluding hydrogens is 176 g/mol. The molecule has 3 nitrogen and oxygen atoms in total. The van der Waals surface area contributed by atoms with Gasteiger partial charge in [0.05, 0.1) is 7.11 Å². The highest BCUT2D eigenvalue weighted by Gasteiger charge is 2.11. The number of methoxy groups -OCH3 is 1. The molecule has 1 unspecified atom stereocenters. The van der Waals surface area contributed by atoms with Crippen LogP contribution in [0.4, 0.5) is 0 Å². The van der Waals surface area contributed by atoms with Gasteiger partial charge in [0.25, 0.3) is 0 Å². The molecule has 0 fully saturated rings. The summed E-state index contributed by atoms with van der Waals surface area (Å²) in [5.41, 5.74) is 7.11. The normalized spacial score (nSPS) is 12.9. The third kappa shape index (κ3) is 2.72. The van der Waals surface area contributed by atoms with E-state index in [1.165, 1.54) is 0 Å². The lowest BCUT2D eigenvalue weighted by Crippen LogP contribution is -2.26. The molecule has 0 saturated heterocycles. The molecule has 14 heavy (non-hydrogen) atoms. The molecule has 1 rings (SSSR count). The van der Waals surface area contributed by atoms with Crippen LogP contribution in [0.25, 0.3) is 0 Å². The highest BCUT2D eigenvalue weighted by atomic mass is 16.5. The van der Waals surface area contributed by atoms with E-state index < -0.39 is 0 Å². The number of ether oxygens (including phenoxy) is 1. The van der Waals surface area contributed by atoms with Crippen molar-refractivity contribution in [3.8, 4) is 5.75 Å². The van der Waals surface area contributed by atoms with E-state index in [-0.39, 0.29) is 6.04 Å². The van der Waals surface area contributed by atoms with E-state index in [9.17, 15) is 0 Å². The Bertz CT molecular complexity index is 286. The largest absolute Gasteiger partial charge is 0.496 e. The molecule has 0 aliphatic carbocycles. The lowest BCUT2D eigenvalue weighted by Gasteiger charge is -2.19. The minimum absolute atomic E-state index is 0.00106. The van der Waals surface area contributed by atoms with Gasteiger partial charge in [0.2, 0.25) is 0 Å². The molecule has 0 aliphatic rings. The predicted molar refractivity (Wildman–Crippen MR) is 58.5 cm³/mol. The van der Waals surface area contributed by atoms with Gasteiger partial charge in [-0.15, -0.1) is 0 Å². The Morgan fingerprint density at radius 1 is 1.36 bits per heavy atom. The van der Waals surface area contributed by atoms with Gasteiger partial charge in [0, 0.05) is 18.2 Å². The molecule has 1 atom stereocenters. The van der Waals surface area contributed by atoms with Crippen LogP contribution in [0.5, 0.6) is 5.75 Å². The Hall–Kier alpha value is -1.06. The van der Waals surface area contributed by atoms with Crippen molar-refractivity contribution in [1.82, 2.24) is 4.90 Å². The Kier molecular flexibility index (Phi) is 3.92. The van der Waals surface area contributed by atoms with Crippen LogP contribution < -0.4 is 10.5 Å². The lowest BCUT2D eigenvalue weighted by molar-refractivity contribution is 0.362. The van der Waals surface area contributed by atoms with Crippen LogP contribution in [0.3, 0.4) is 0 Å². The van der Waals surface area contributed by atoms with E-state index in [0.29, 0.717) is 0 Å². The van der Waals surface area contributed by atoms with E-state index >= 15 is 0 Å². The highest BCUT2D eigenvalue weighted by Crippen LogP contribution is 2.23. The van der Waals surface area contributed by atoms with Crippen LogP contribution in [0, 0.1) is 0 Å². The fourth-order valence-electron chi connectivity index (χ4n) is 1.46. The van der Waals surface area contributed by atoms with E-state index in [0.717, 1.165) is 17.9 Å². The molecule has 1 aromatic carbocycles. The van der Waals surface area contributed by atoms with E-state index in [1.54, 1.807) is 7.11 Å². The molecule has 0 aromatic heterocycles. The maximum Gasteiger partial charge on any atom is 0.123 e. The smallest absolute Gasteiger partial charge is 0.123 e. The number of likely N-dealkylation sites (N-methyl/N-ethyl adjacent to an activating group) is 1. The number of para-hydroxylation sites is 1. The number of hydrogen-bond donors (Lipinski definition) is 1. The van der Waals surface area contributed by atoms with Crippen molar-refractivity contribution in [2.45, 2.75) is 6.04 Å². The van der Waals surface area contributed by atoms with Crippen LogP contribution >= 0.6 is 0 Å². The lowest BCUT2D eigenvalue weighted by atomic mass is 10.1. The summed E-state index contributed by atoms with van der Waals surface area (Å²) in [4.78, 5) is 2.07. The summed E-state index contributed by atoms with van der Waals surface area (Å²) in [6.45, 7) is 0.820. The SMILES string of the molecule is COc1ccccc1C(N)CN(C)C. The Morgan fingerprint density at radius 3 is 2.57 bits per heavy atom. The predicted octanol–water partition coefficient (Wildman–Crippen LogP) is 1.26. The molecule has 0 bridgehead atoms. The molecule has 1 aromatic rings. The van der Waals surface area contributed by atoms with Gasteiger partial charge in [-0.2, -0.15) is 0 Å². The topological polar surface area (TPSA) is 38.5 Å². The van der Waals surface area contributed by atoms with Gasteiger partial charge >= 0.3 is 0 Å².